The minimum atomic E-state index is -0.165. The zero-order chi connectivity index (χ0) is 35.5. The minimum absolute atomic E-state index is 0.165. The van der Waals surface area contributed by atoms with E-state index >= 15 is 0 Å². The second-order valence-corrected chi connectivity index (χ2v) is 14.5. The van der Waals surface area contributed by atoms with Crippen LogP contribution in [0, 0.1) is 0 Å². The molecule has 0 radical (unpaired) electrons. The zero-order valence-electron chi connectivity index (χ0n) is 29.7. The van der Waals surface area contributed by atoms with Crippen molar-refractivity contribution < 1.29 is 0 Å². The number of aromatic nitrogens is 2. The van der Waals surface area contributed by atoms with Crippen LogP contribution in [-0.4, -0.2) is 9.97 Å². The van der Waals surface area contributed by atoms with Crippen molar-refractivity contribution in [2.45, 2.75) is 19.3 Å². The molecular formula is C51H36N2. The average Bonchev–Trinajstić information content (AvgIpc) is 3.47. The molecule has 0 unspecified atom stereocenters. The summed E-state index contributed by atoms with van der Waals surface area (Å²) in [6.45, 7) is 4.76. The first-order valence-electron chi connectivity index (χ1n) is 18.3. The molecule has 0 aliphatic heterocycles. The topological polar surface area (TPSA) is 25.8 Å². The van der Waals surface area contributed by atoms with E-state index in [1.54, 1.807) is 0 Å². The van der Waals surface area contributed by atoms with E-state index in [-0.39, 0.29) is 5.41 Å². The van der Waals surface area contributed by atoms with Crippen LogP contribution in [0.15, 0.2) is 182 Å². The molecule has 1 aliphatic carbocycles. The predicted octanol–water partition coefficient (Wildman–Crippen LogP) is 13.4. The lowest BCUT2D eigenvalue weighted by molar-refractivity contribution is 0.662. The van der Waals surface area contributed by atoms with Crippen LogP contribution in [0.25, 0.3) is 88.8 Å². The SMILES string of the molecule is CC1(C)c2ccc3ccccc3c2-c2cccc(-c3ccc(-c4nc(-c5ccccc5)cc(-c5cccc(-c6ccccc6)c5)n4)c4ccccc34)c21. The fourth-order valence-corrected chi connectivity index (χ4v) is 8.57. The van der Waals surface area contributed by atoms with Crippen LogP contribution in [0.5, 0.6) is 0 Å². The molecule has 0 bridgehead atoms. The van der Waals surface area contributed by atoms with Gasteiger partial charge in [-0.3, -0.25) is 0 Å². The number of nitrogens with zero attached hydrogens (tertiary/aromatic N) is 2. The summed E-state index contributed by atoms with van der Waals surface area (Å²) in [5.41, 5.74) is 15.1. The number of benzene rings is 8. The first kappa shape index (κ1) is 31.1. The molecule has 2 nitrogen and oxygen atoms in total. The highest BCUT2D eigenvalue weighted by molar-refractivity contribution is 6.08. The molecule has 53 heavy (non-hydrogen) atoms. The van der Waals surface area contributed by atoms with Gasteiger partial charge in [-0.15, -0.1) is 0 Å². The van der Waals surface area contributed by atoms with E-state index in [0.717, 1.165) is 39.0 Å². The summed E-state index contributed by atoms with van der Waals surface area (Å²) in [4.78, 5) is 10.6. The molecule has 9 aromatic rings. The van der Waals surface area contributed by atoms with Gasteiger partial charge in [0.25, 0.3) is 0 Å². The molecule has 0 amide bonds. The third-order valence-corrected chi connectivity index (χ3v) is 11.1. The summed E-state index contributed by atoms with van der Waals surface area (Å²) in [6.07, 6.45) is 0. The van der Waals surface area contributed by atoms with Crippen LogP contribution in [0.4, 0.5) is 0 Å². The predicted molar refractivity (Wildman–Crippen MR) is 222 cm³/mol. The van der Waals surface area contributed by atoms with Gasteiger partial charge >= 0.3 is 0 Å². The molecule has 0 saturated carbocycles. The monoisotopic (exact) mass is 676 g/mol. The number of hydrogen-bond acceptors (Lipinski definition) is 2. The Morgan fingerprint density at radius 3 is 1.72 bits per heavy atom. The van der Waals surface area contributed by atoms with Gasteiger partial charge in [0.1, 0.15) is 0 Å². The Labute approximate surface area is 310 Å². The van der Waals surface area contributed by atoms with Crippen molar-refractivity contribution in [1.29, 1.82) is 0 Å². The van der Waals surface area contributed by atoms with E-state index in [0.29, 0.717) is 5.82 Å². The second kappa shape index (κ2) is 12.3. The molecule has 0 atom stereocenters. The maximum atomic E-state index is 5.31. The Hall–Kier alpha value is -6.64. The first-order valence-corrected chi connectivity index (χ1v) is 18.3. The molecule has 1 heterocycles. The number of rotatable bonds is 5. The van der Waals surface area contributed by atoms with Crippen molar-refractivity contribution >= 4 is 21.5 Å². The summed E-state index contributed by atoms with van der Waals surface area (Å²) in [5.74, 6) is 0.715. The lowest BCUT2D eigenvalue weighted by Gasteiger charge is -2.25. The van der Waals surface area contributed by atoms with Gasteiger partial charge in [0.15, 0.2) is 5.82 Å². The van der Waals surface area contributed by atoms with E-state index < -0.39 is 0 Å². The van der Waals surface area contributed by atoms with Gasteiger partial charge in [0.2, 0.25) is 0 Å². The zero-order valence-corrected chi connectivity index (χ0v) is 29.7. The van der Waals surface area contributed by atoms with Crippen LogP contribution < -0.4 is 0 Å². The number of hydrogen-bond donors (Lipinski definition) is 0. The van der Waals surface area contributed by atoms with Gasteiger partial charge in [-0.2, -0.15) is 0 Å². The largest absolute Gasteiger partial charge is 0.228 e. The van der Waals surface area contributed by atoms with Crippen LogP contribution in [0.1, 0.15) is 25.0 Å². The van der Waals surface area contributed by atoms with Gasteiger partial charge in [-0.05, 0) is 84.3 Å². The maximum Gasteiger partial charge on any atom is 0.161 e. The van der Waals surface area contributed by atoms with Gasteiger partial charge in [-0.1, -0.05) is 178 Å². The molecule has 1 aliphatic rings. The molecule has 0 fully saturated rings. The molecule has 2 heteroatoms. The number of fused-ring (bicyclic) bond motifs is 6. The van der Waals surface area contributed by atoms with Gasteiger partial charge in [0, 0.05) is 22.1 Å². The Morgan fingerprint density at radius 1 is 0.377 bits per heavy atom. The summed E-state index contributed by atoms with van der Waals surface area (Å²) in [5, 5.41) is 4.92. The highest BCUT2D eigenvalue weighted by Crippen LogP contribution is 2.55. The van der Waals surface area contributed by atoms with Crippen molar-refractivity contribution in [3.63, 3.8) is 0 Å². The molecule has 10 rings (SSSR count). The molecule has 250 valence electrons. The van der Waals surface area contributed by atoms with E-state index in [4.69, 9.17) is 9.97 Å². The van der Waals surface area contributed by atoms with Crippen molar-refractivity contribution in [3.8, 4) is 67.3 Å². The molecule has 1 aromatic heterocycles. The normalized spacial score (nSPS) is 12.9. The summed E-state index contributed by atoms with van der Waals surface area (Å²) in [7, 11) is 0. The van der Waals surface area contributed by atoms with Crippen molar-refractivity contribution in [3.05, 3.63) is 193 Å². The minimum Gasteiger partial charge on any atom is -0.228 e. The van der Waals surface area contributed by atoms with E-state index in [1.165, 1.54) is 55.1 Å². The third kappa shape index (κ3) is 5.10. The van der Waals surface area contributed by atoms with Crippen molar-refractivity contribution in [2.24, 2.45) is 0 Å². The smallest absolute Gasteiger partial charge is 0.161 e. The third-order valence-electron chi connectivity index (χ3n) is 11.1. The lowest BCUT2D eigenvalue weighted by Crippen LogP contribution is -2.16. The maximum absolute atomic E-state index is 5.31. The molecule has 0 N–H and O–H groups in total. The highest BCUT2D eigenvalue weighted by Gasteiger charge is 2.38. The van der Waals surface area contributed by atoms with Crippen LogP contribution in [0.2, 0.25) is 0 Å². The standard InChI is InChI=1S/C51H36N2/c1-51(2)45-30-27-34-17-9-10-22-38(34)48(45)44-26-14-25-42(49(44)51)41-28-29-43(40-24-12-11-23-39(40)41)50-52-46(35-18-7-4-8-19-35)32-47(53-50)37-21-13-20-36(31-37)33-15-5-3-6-16-33/h3-32H,1-2H3. The first-order chi connectivity index (χ1) is 26.0. The molecule has 0 saturated heterocycles. The van der Waals surface area contributed by atoms with Crippen LogP contribution >= 0.6 is 0 Å². The van der Waals surface area contributed by atoms with E-state index in [1.807, 2.05) is 6.07 Å². The Kier molecular flexibility index (Phi) is 7.19. The van der Waals surface area contributed by atoms with E-state index in [9.17, 15) is 0 Å². The Bertz CT molecular complexity index is 2850. The summed E-state index contributed by atoms with van der Waals surface area (Å²) < 4.78 is 0. The highest BCUT2D eigenvalue weighted by atomic mass is 14.9. The van der Waals surface area contributed by atoms with Gasteiger partial charge in [0.05, 0.1) is 11.4 Å². The van der Waals surface area contributed by atoms with E-state index in [2.05, 4.69) is 190 Å². The molecular weight excluding hydrogens is 641 g/mol. The van der Waals surface area contributed by atoms with Crippen LogP contribution in [-0.2, 0) is 5.41 Å². The summed E-state index contributed by atoms with van der Waals surface area (Å²) in [6, 6.07) is 65.2. The Morgan fingerprint density at radius 2 is 0.943 bits per heavy atom. The second-order valence-electron chi connectivity index (χ2n) is 14.5. The average molecular weight is 677 g/mol. The fourth-order valence-electron chi connectivity index (χ4n) is 8.57. The van der Waals surface area contributed by atoms with Gasteiger partial charge in [-0.25, -0.2) is 9.97 Å². The van der Waals surface area contributed by atoms with Crippen molar-refractivity contribution in [1.82, 2.24) is 9.97 Å². The lowest BCUT2D eigenvalue weighted by atomic mass is 9.78. The summed E-state index contributed by atoms with van der Waals surface area (Å²) >= 11 is 0. The molecule has 8 aromatic carbocycles. The molecule has 0 spiro atoms. The van der Waals surface area contributed by atoms with Crippen molar-refractivity contribution in [2.75, 3.05) is 0 Å². The van der Waals surface area contributed by atoms with Crippen LogP contribution in [0.3, 0.4) is 0 Å². The Balaban J connectivity index is 1.16. The fraction of sp³-hybridized carbons (Fsp3) is 0.0588. The quantitative estimate of drug-likeness (QED) is 0.181. The van der Waals surface area contributed by atoms with Gasteiger partial charge < -0.3 is 0 Å².